The lowest BCUT2D eigenvalue weighted by atomic mass is 10.1. The summed E-state index contributed by atoms with van der Waals surface area (Å²) in [6.07, 6.45) is 0.354. The molecular formula is C13H20N4O2. The van der Waals surface area contributed by atoms with E-state index >= 15 is 0 Å². The van der Waals surface area contributed by atoms with Gasteiger partial charge in [0.15, 0.2) is 0 Å². The van der Waals surface area contributed by atoms with Crippen molar-refractivity contribution in [3.8, 4) is 0 Å². The number of nitrogen functional groups attached to an aromatic ring is 2. The number of nitrogens with zero attached hydrogens (tertiary/aromatic N) is 2. The molecule has 0 unspecified atom stereocenters. The summed E-state index contributed by atoms with van der Waals surface area (Å²) in [6.45, 7) is 6.59. The average Bonchev–Trinajstić information content (AvgIpc) is 2.27. The van der Waals surface area contributed by atoms with Crippen LogP contribution in [0.25, 0.3) is 0 Å². The van der Waals surface area contributed by atoms with E-state index in [2.05, 4.69) is 4.98 Å². The van der Waals surface area contributed by atoms with E-state index in [0.29, 0.717) is 31.0 Å². The zero-order valence-electron chi connectivity index (χ0n) is 11.6. The minimum atomic E-state index is -0.490. The standard InChI is InChI=1S/C13H20N4O2/c1-13(2,3)19-12(18)17-5-4-10-8(7-17)6-9(14)11(15)16-10/h6H,4-5,7,14H2,1-3H3,(H2,15,16). The Bertz CT molecular complexity index is 508. The number of anilines is 2. The third-order valence-electron chi connectivity index (χ3n) is 2.88. The van der Waals surface area contributed by atoms with Gasteiger partial charge in [0.25, 0.3) is 0 Å². The molecule has 104 valence electrons. The minimum absolute atomic E-state index is 0.312. The topological polar surface area (TPSA) is 94.5 Å². The average molecular weight is 264 g/mol. The molecule has 0 aromatic carbocycles. The lowest BCUT2D eigenvalue weighted by molar-refractivity contribution is 0.0223. The van der Waals surface area contributed by atoms with Crippen LogP contribution in [-0.2, 0) is 17.7 Å². The van der Waals surface area contributed by atoms with Gasteiger partial charge >= 0.3 is 6.09 Å². The first-order valence-electron chi connectivity index (χ1n) is 6.28. The van der Waals surface area contributed by atoms with Gasteiger partial charge in [-0.2, -0.15) is 0 Å². The molecule has 0 spiro atoms. The molecule has 0 saturated carbocycles. The van der Waals surface area contributed by atoms with Gasteiger partial charge in [-0.25, -0.2) is 9.78 Å². The zero-order chi connectivity index (χ0) is 14.2. The second-order valence-electron chi connectivity index (χ2n) is 5.72. The molecule has 1 amide bonds. The van der Waals surface area contributed by atoms with E-state index in [9.17, 15) is 4.79 Å². The quantitative estimate of drug-likeness (QED) is 0.741. The summed E-state index contributed by atoms with van der Waals surface area (Å²) in [5, 5.41) is 0. The molecule has 19 heavy (non-hydrogen) atoms. The molecule has 0 saturated heterocycles. The lowest BCUT2D eigenvalue weighted by Gasteiger charge is -2.31. The number of pyridine rings is 1. The van der Waals surface area contributed by atoms with Gasteiger partial charge in [0.05, 0.1) is 12.2 Å². The number of rotatable bonds is 0. The van der Waals surface area contributed by atoms with Crippen LogP contribution >= 0.6 is 0 Å². The first-order chi connectivity index (χ1) is 8.76. The maximum Gasteiger partial charge on any atom is 0.410 e. The molecule has 1 aromatic rings. The highest BCUT2D eigenvalue weighted by atomic mass is 16.6. The Morgan fingerprint density at radius 3 is 2.74 bits per heavy atom. The van der Waals surface area contributed by atoms with Crippen molar-refractivity contribution in [1.82, 2.24) is 9.88 Å². The monoisotopic (exact) mass is 264 g/mol. The number of amides is 1. The highest BCUT2D eigenvalue weighted by Crippen LogP contribution is 2.24. The fourth-order valence-electron chi connectivity index (χ4n) is 1.99. The number of hydrogen-bond donors (Lipinski definition) is 2. The largest absolute Gasteiger partial charge is 0.444 e. The van der Waals surface area contributed by atoms with Gasteiger partial charge in [-0.15, -0.1) is 0 Å². The number of ether oxygens (including phenoxy) is 1. The molecule has 0 atom stereocenters. The van der Waals surface area contributed by atoms with E-state index < -0.39 is 5.60 Å². The molecule has 0 bridgehead atoms. The summed E-state index contributed by atoms with van der Waals surface area (Å²) in [4.78, 5) is 17.9. The Morgan fingerprint density at radius 2 is 2.11 bits per heavy atom. The first kappa shape index (κ1) is 13.5. The summed E-state index contributed by atoms with van der Waals surface area (Å²) in [5.74, 6) is 0.351. The Morgan fingerprint density at radius 1 is 1.42 bits per heavy atom. The van der Waals surface area contributed by atoms with Crippen molar-refractivity contribution in [3.63, 3.8) is 0 Å². The molecule has 2 heterocycles. The van der Waals surface area contributed by atoms with E-state index in [4.69, 9.17) is 16.2 Å². The third kappa shape index (κ3) is 3.07. The molecule has 6 heteroatoms. The Balaban J connectivity index is 2.14. The number of hydrogen-bond acceptors (Lipinski definition) is 5. The van der Waals surface area contributed by atoms with Crippen molar-refractivity contribution in [3.05, 3.63) is 17.3 Å². The normalized spacial score (nSPS) is 15.0. The molecule has 0 radical (unpaired) electrons. The van der Waals surface area contributed by atoms with Gasteiger partial charge in [0.1, 0.15) is 11.4 Å². The summed E-state index contributed by atoms with van der Waals surface area (Å²) in [5.41, 5.74) is 13.2. The molecule has 1 aliphatic rings. The number of carbonyl (C=O) groups excluding carboxylic acids is 1. The molecule has 6 nitrogen and oxygen atoms in total. The van der Waals surface area contributed by atoms with E-state index in [-0.39, 0.29) is 6.09 Å². The van der Waals surface area contributed by atoms with Gasteiger partial charge in [-0.05, 0) is 32.4 Å². The van der Waals surface area contributed by atoms with Crippen LogP contribution < -0.4 is 11.5 Å². The number of aromatic nitrogens is 1. The maximum atomic E-state index is 12.0. The van der Waals surface area contributed by atoms with Crippen LogP contribution in [0.4, 0.5) is 16.3 Å². The SMILES string of the molecule is CC(C)(C)OC(=O)N1CCc2nc(N)c(N)cc2C1. The van der Waals surface area contributed by atoms with Gasteiger partial charge in [-0.1, -0.05) is 0 Å². The predicted octanol–water partition coefficient (Wildman–Crippen LogP) is 1.54. The van der Waals surface area contributed by atoms with Crippen LogP contribution in [0.3, 0.4) is 0 Å². The smallest absolute Gasteiger partial charge is 0.410 e. The van der Waals surface area contributed by atoms with Crippen molar-refractivity contribution in [2.24, 2.45) is 0 Å². The van der Waals surface area contributed by atoms with Crippen LogP contribution in [-0.4, -0.2) is 28.1 Å². The van der Waals surface area contributed by atoms with Crippen molar-refractivity contribution in [1.29, 1.82) is 0 Å². The molecule has 2 rings (SSSR count). The van der Waals surface area contributed by atoms with E-state index in [1.54, 1.807) is 11.0 Å². The predicted molar refractivity (Wildman–Crippen MR) is 73.4 cm³/mol. The molecule has 1 aromatic heterocycles. The van der Waals surface area contributed by atoms with E-state index in [0.717, 1.165) is 11.3 Å². The van der Waals surface area contributed by atoms with Crippen molar-refractivity contribution >= 4 is 17.6 Å². The van der Waals surface area contributed by atoms with Gasteiger partial charge in [0.2, 0.25) is 0 Å². The molecule has 4 N–H and O–H groups in total. The minimum Gasteiger partial charge on any atom is -0.444 e. The zero-order valence-corrected chi connectivity index (χ0v) is 11.6. The van der Waals surface area contributed by atoms with Crippen LogP contribution in [0.2, 0.25) is 0 Å². The Labute approximate surface area is 112 Å². The Kier molecular flexibility index (Phi) is 3.26. The lowest BCUT2D eigenvalue weighted by Crippen LogP contribution is -2.40. The van der Waals surface area contributed by atoms with E-state index in [1.165, 1.54) is 0 Å². The van der Waals surface area contributed by atoms with E-state index in [1.807, 2.05) is 20.8 Å². The summed E-state index contributed by atoms with van der Waals surface area (Å²) in [7, 11) is 0. The molecule has 1 aliphatic heterocycles. The highest BCUT2D eigenvalue weighted by molar-refractivity contribution is 5.69. The number of nitrogens with two attached hydrogens (primary N) is 2. The van der Waals surface area contributed by atoms with Crippen molar-refractivity contribution in [2.75, 3.05) is 18.0 Å². The molecule has 0 aliphatic carbocycles. The Hall–Kier alpha value is -1.98. The highest BCUT2D eigenvalue weighted by Gasteiger charge is 2.26. The second-order valence-corrected chi connectivity index (χ2v) is 5.72. The number of carbonyl (C=O) groups is 1. The van der Waals surface area contributed by atoms with Crippen LogP contribution in [0, 0.1) is 0 Å². The maximum absolute atomic E-state index is 12.0. The van der Waals surface area contributed by atoms with Crippen LogP contribution in [0.15, 0.2) is 6.07 Å². The molecular weight excluding hydrogens is 244 g/mol. The third-order valence-corrected chi connectivity index (χ3v) is 2.88. The van der Waals surface area contributed by atoms with Crippen molar-refractivity contribution < 1.29 is 9.53 Å². The fourth-order valence-corrected chi connectivity index (χ4v) is 1.99. The fraction of sp³-hybridized carbons (Fsp3) is 0.538. The van der Waals surface area contributed by atoms with Gasteiger partial charge in [-0.3, -0.25) is 0 Å². The number of fused-ring (bicyclic) bond motifs is 1. The van der Waals surface area contributed by atoms with Crippen LogP contribution in [0.1, 0.15) is 32.0 Å². The second kappa shape index (κ2) is 4.60. The van der Waals surface area contributed by atoms with Crippen molar-refractivity contribution in [2.45, 2.75) is 39.3 Å². The summed E-state index contributed by atoms with van der Waals surface area (Å²) in [6, 6.07) is 1.79. The molecule has 0 fully saturated rings. The van der Waals surface area contributed by atoms with Gasteiger partial charge in [0, 0.05) is 18.7 Å². The van der Waals surface area contributed by atoms with Gasteiger partial charge < -0.3 is 21.1 Å². The summed E-state index contributed by atoms with van der Waals surface area (Å²) < 4.78 is 5.36. The summed E-state index contributed by atoms with van der Waals surface area (Å²) >= 11 is 0. The van der Waals surface area contributed by atoms with Crippen LogP contribution in [0.5, 0.6) is 0 Å². The first-order valence-corrected chi connectivity index (χ1v) is 6.28.